The number of aromatic nitrogens is 10. The van der Waals surface area contributed by atoms with Gasteiger partial charge in [-0.2, -0.15) is 10.2 Å². The van der Waals surface area contributed by atoms with Crippen LogP contribution in [-0.2, 0) is 43.9 Å². The lowest BCUT2D eigenvalue weighted by atomic mass is 9.98. The number of anilines is 2. The van der Waals surface area contributed by atoms with Crippen LogP contribution in [0.5, 0.6) is 0 Å². The second kappa shape index (κ2) is 18.0. The maximum Gasteiger partial charge on any atom is 0.115 e. The summed E-state index contributed by atoms with van der Waals surface area (Å²) in [7, 11) is 0. The third-order valence-corrected chi connectivity index (χ3v) is 14.0. The predicted molar refractivity (Wildman–Crippen MR) is 269 cm³/mol. The molecule has 8 aromatic rings. The van der Waals surface area contributed by atoms with Crippen molar-refractivity contribution in [2.45, 2.75) is 105 Å². The number of fused-ring (bicyclic) bond motifs is 2. The topological polar surface area (TPSA) is 113 Å². The van der Waals surface area contributed by atoms with Gasteiger partial charge in [0.2, 0.25) is 0 Å². The lowest BCUT2D eigenvalue weighted by Gasteiger charge is -2.31. The average Bonchev–Trinajstić information content (AvgIpc) is 4.15. The van der Waals surface area contributed by atoms with E-state index in [0.29, 0.717) is 18.4 Å². The highest BCUT2D eigenvalue weighted by atomic mass is 16.5. The van der Waals surface area contributed by atoms with Crippen LogP contribution in [-0.4, -0.2) is 74.9 Å². The number of imidazole rings is 2. The first-order valence-electron chi connectivity index (χ1n) is 24.5. The Morgan fingerprint density at radius 2 is 1.24 bits per heavy atom. The molecular formula is C55H62N12O. The van der Waals surface area contributed by atoms with Gasteiger partial charge in [-0.1, -0.05) is 65.8 Å². The van der Waals surface area contributed by atoms with Gasteiger partial charge in [0.25, 0.3) is 0 Å². The summed E-state index contributed by atoms with van der Waals surface area (Å²) in [6.45, 7) is 22.9. The Morgan fingerprint density at radius 3 is 1.88 bits per heavy atom. The maximum atomic E-state index is 5.51. The third-order valence-electron chi connectivity index (χ3n) is 14.0. The molecule has 13 heteroatoms. The van der Waals surface area contributed by atoms with E-state index >= 15 is 0 Å². The van der Waals surface area contributed by atoms with E-state index in [2.05, 4.69) is 157 Å². The molecule has 1 fully saturated rings. The molecule has 0 bridgehead atoms. The largest absolute Gasteiger partial charge is 0.377 e. The van der Waals surface area contributed by atoms with Crippen molar-refractivity contribution in [3.63, 3.8) is 0 Å². The fraction of sp³-hybridized carbons (Fsp3) is 0.382. The van der Waals surface area contributed by atoms with E-state index in [4.69, 9.17) is 24.7 Å². The molecule has 11 rings (SSSR count). The first-order valence-corrected chi connectivity index (χ1v) is 24.5. The summed E-state index contributed by atoms with van der Waals surface area (Å²) >= 11 is 0. The van der Waals surface area contributed by atoms with Crippen LogP contribution in [0.25, 0.3) is 44.8 Å². The van der Waals surface area contributed by atoms with Crippen LogP contribution < -0.4 is 9.80 Å². The molecule has 68 heavy (non-hydrogen) atoms. The van der Waals surface area contributed by atoms with Gasteiger partial charge in [0, 0.05) is 97.1 Å². The molecule has 0 aliphatic carbocycles. The predicted octanol–water partition coefficient (Wildman–Crippen LogP) is 10.3. The maximum absolute atomic E-state index is 5.51. The van der Waals surface area contributed by atoms with Gasteiger partial charge in [-0.05, 0) is 84.3 Å². The molecule has 2 aromatic carbocycles. The first kappa shape index (κ1) is 43.7. The van der Waals surface area contributed by atoms with Gasteiger partial charge < -0.3 is 23.7 Å². The Kier molecular flexibility index (Phi) is 11.6. The van der Waals surface area contributed by atoms with Crippen LogP contribution in [0.4, 0.5) is 11.4 Å². The highest BCUT2D eigenvalue weighted by molar-refractivity contribution is 5.71. The van der Waals surface area contributed by atoms with Crippen molar-refractivity contribution in [2.75, 3.05) is 36.1 Å². The number of hydrogen-bond acceptors (Lipinski definition) is 9. The minimum atomic E-state index is 0.195. The molecule has 0 saturated carbocycles. The van der Waals surface area contributed by atoms with Crippen molar-refractivity contribution >= 4 is 11.4 Å². The molecule has 0 atom stereocenters. The van der Waals surface area contributed by atoms with E-state index in [-0.39, 0.29) is 11.8 Å². The van der Waals surface area contributed by atoms with Crippen LogP contribution >= 0.6 is 0 Å². The molecule has 0 amide bonds. The summed E-state index contributed by atoms with van der Waals surface area (Å²) < 4.78 is 14.3. The highest BCUT2D eigenvalue weighted by Gasteiger charge is 2.30. The number of aryl methyl sites for hydroxylation is 1. The molecule has 13 nitrogen and oxygen atoms in total. The van der Waals surface area contributed by atoms with Gasteiger partial charge in [-0.25, -0.2) is 9.97 Å². The average molecular weight is 907 g/mol. The number of nitrogens with zero attached hydrogens (tertiary/aromatic N) is 12. The summed E-state index contributed by atoms with van der Waals surface area (Å²) in [6.07, 6.45) is 10.7. The fourth-order valence-corrected chi connectivity index (χ4v) is 10.3. The zero-order valence-corrected chi connectivity index (χ0v) is 40.5. The van der Waals surface area contributed by atoms with E-state index in [1.54, 1.807) is 0 Å². The van der Waals surface area contributed by atoms with E-state index in [1.165, 1.54) is 33.9 Å². The normalized spacial score (nSPS) is 15.1. The van der Waals surface area contributed by atoms with Gasteiger partial charge in [0.1, 0.15) is 11.6 Å². The third kappa shape index (κ3) is 8.31. The lowest BCUT2D eigenvalue weighted by molar-refractivity contribution is -0.0286. The van der Waals surface area contributed by atoms with Crippen molar-refractivity contribution in [3.8, 4) is 44.8 Å². The lowest BCUT2D eigenvalue weighted by Crippen LogP contribution is -2.34. The molecule has 0 N–H and O–H groups in total. The molecular weight excluding hydrogens is 845 g/mol. The molecule has 3 aliphatic heterocycles. The van der Waals surface area contributed by atoms with Crippen LogP contribution in [0.15, 0.2) is 104 Å². The number of hydrogen-bond donors (Lipinski definition) is 0. The fourth-order valence-electron chi connectivity index (χ4n) is 10.3. The summed E-state index contributed by atoms with van der Waals surface area (Å²) in [5, 5.41) is 9.22. The molecule has 6 aromatic heterocycles. The monoisotopic (exact) mass is 907 g/mol. The van der Waals surface area contributed by atoms with Gasteiger partial charge in [-0.3, -0.25) is 19.3 Å². The Balaban J connectivity index is 0.866. The zero-order chi connectivity index (χ0) is 46.6. The minimum absolute atomic E-state index is 0.195. The van der Waals surface area contributed by atoms with Crippen LogP contribution in [0.2, 0.25) is 0 Å². The number of benzene rings is 2. The van der Waals surface area contributed by atoms with Crippen molar-refractivity contribution in [3.05, 3.63) is 144 Å². The van der Waals surface area contributed by atoms with E-state index in [1.807, 2.05) is 34.0 Å². The van der Waals surface area contributed by atoms with Gasteiger partial charge in [0.05, 0.1) is 78.9 Å². The minimum Gasteiger partial charge on any atom is -0.377 e. The molecule has 1 saturated heterocycles. The summed E-state index contributed by atoms with van der Waals surface area (Å²) in [5.74, 6) is 3.08. The molecule has 0 spiro atoms. The Labute approximate surface area is 399 Å². The van der Waals surface area contributed by atoms with E-state index < -0.39 is 0 Å². The Hall–Kier alpha value is -6.86. The molecule has 348 valence electrons. The van der Waals surface area contributed by atoms with Crippen LogP contribution in [0.3, 0.4) is 0 Å². The second-order valence-corrected chi connectivity index (χ2v) is 19.9. The van der Waals surface area contributed by atoms with E-state index in [9.17, 15) is 0 Å². The summed E-state index contributed by atoms with van der Waals surface area (Å²) in [5.41, 5.74) is 16.9. The van der Waals surface area contributed by atoms with Crippen LogP contribution in [0, 0.1) is 12.8 Å². The van der Waals surface area contributed by atoms with Gasteiger partial charge in [-0.15, -0.1) is 0 Å². The number of rotatable bonds is 13. The first-order chi connectivity index (χ1) is 33.0. The zero-order valence-electron chi connectivity index (χ0n) is 40.5. The standard InChI is InChI=1S/C55H62N12O/c1-35(2)28-64-29-41(26-57-64)39-10-15-45(16-11-39)63-22-24-66-50(32-63)55(47-9-8-20-56-52(47)36(3)4)61-51(66)25-43-14-19-48(53(60-43)37(5)6)54-49-31-62(21-23-65(49)38(7)59-54)44-17-12-40(13-18-44)42-27-58-67(30-42)46-33-68-34-46/h8-20,26-27,29-30,35-37,46H,21-25,28,31-34H2,1-7H3. The molecule has 3 aliphatic rings. The van der Waals surface area contributed by atoms with Crippen LogP contribution in [0.1, 0.15) is 99.5 Å². The molecule has 0 radical (unpaired) electrons. The smallest absolute Gasteiger partial charge is 0.115 e. The van der Waals surface area contributed by atoms with Gasteiger partial charge >= 0.3 is 0 Å². The van der Waals surface area contributed by atoms with Gasteiger partial charge in [0.15, 0.2) is 0 Å². The summed E-state index contributed by atoms with van der Waals surface area (Å²) in [6, 6.07) is 26.9. The number of pyridine rings is 2. The number of ether oxygens (including phenoxy) is 1. The van der Waals surface area contributed by atoms with Crippen molar-refractivity contribution in [1.29, 1.82) is 0 Å². The SMILES string of the molecule is Cc1nc(-c2ccc(Cc3nc(-c4cccnc4C(C)C)c4n3CCN(c3ccc(-c5cnn(CC(C)C)c5)cc3)C4)nc2C(C)C)c2n1CCN(c1ccc(-c3cnn(C4COC4)c3)cc1)C2. The second-order valence-electron chi connectivity index (χ2n) is 19.9. The summed E-state index contributed by atoms with van der Waals surface area (Å²) in [4.78, 5) is 26.1. The van der Waals surface area contributed by atoms with Crippen molar-refractivity contribution < 1.29 is 4.74 Å². The molecule has 0 unspecified atom stereocenters. The molecule has 9 heterocycles. The Morgan fingerprint density at radius 1 is 0.618 bits per heavy atom. The van der Waals surface area contributed by atoms with Crippen molar-refractivity contribution in [1.82, 2.24) is 48.6 Å². The van der Waals surface area contributed by atoms with E-state index in [0.717, 1.165) is 121 Å². The highest BCUT2D eigenvalue weighted by Crippen LogP contribution is 2.38. The quantitative estimate of drug-likeness (QED) is 0.112. The van der Waals surface area contributed by atoms with Crippen molar-refractivity contribution in [2.24, 2.45) is 5.92 Å². The Bertz CT molecular complexity index is 3070.